The second kappa shape index (κ2) is 9.31. The molecule has 1 aliphatic rings. The molecule has 0 fully saturated rings. The Balaban J connectivity index is 1.73. The molecule has 0 amide bonds. The number of nitrogens with zero attached hydrogens (tertiary/aromatic N) is 4. The third kappa shape index (κ3) is 6.56. The zero-order chi connectivity index (χ0) is 19.2. The molecule has 2 N–H and O–H groups in total. The number of ether oxygens (including phenoxy) is 1. The van der Waals surface area contributed by atoms with Gasteiger partial charge in [-0.1, -0.05) is 13.8 Å². The van der Waals surface area contributed by atoms with Gasteiger partial charge in [0.2, 0.25) is 0 Å². The quantitative estimate of drug-likeness (QED) is 0.366. The number of hydrogen-bond donors (Lipinski definition) is 2. The summed E-state index contributed by atoms with van der Waals surface area (Å²) in [6.45, 7) is 6.15. The van der Waals surface area contributed by atoms with Crippen LogP contribution in [0.15, 0.2) is 4.99 Å². The first-order valence-corrected chi connectivity index (χ1v) is 11.0. The van der Waals surface area contributed by atoms with Gasteiger partial charge in [-0.3, -0.25) is 4.99 Å². The molecule has 9 nitrogen and oxygen atoms in total. The van der Waals surface area contributed by atoms with Crippen LogP contribution in [0, 0.1) is 0 Å². The van der Waals surface area contributed by atoms with Crippen molar-refractivity contribution in [3.63, 3.8) is 0 Å². The number of aromatic nitrogens is 3. The molecule has 0 spiro atoms. The average Bonchev–Trinajstić information content (AvgIpc) is 2.99. The van der Waals surface area contributed by atoms with Gasteiger partial charge in [0.25, 0.3) is 0 Å². The summed E-state index contributed by atoms with van der Waals surface area (Å²) >= 11 is 0. The molecule has 1 aromatic heterocycles. The van der Waals surface area contributed by atoms with Crippen LogP contribution >= 0.6 is 0 Å². The van der Waals surface area contributed by atoms with E-state index in [1.807, 2.05) is 4.68 Å². The lowest BCUT2D eigenvalue weighted by molar-refractivity contribution is 0.154. The summed E-state index contributed by atoms with van der Waals surface area (Å²) in [5.41, 5.74) is 0. The minimum absolute atomic E-state index is 0.0423. The van der Waals surface area contributed by atoms with Crippen molar-refractivity contribution in [1.29, 1.82) is 0 Å². The third-order valence-corrected chi connectivity index (χ3v) is 5.00. The van der Waals surface area contributed by atoms with Gasteiger partial charge in [0.1, 0.15) is 15.7 Å². The Labute approximate surface area is 155 Å². The van der Waals surface area contributed by atoms with E-state index < -0.39 is 9.84 Å². The highest BCUT2D eigenvalue weighted by Gasteiger charge is 2.23. The molecular formula is C16H30N6O3S. The number of guanidine groups is 1. The van der Waals surface area contributed by atoms with Gasteiger partial charge in [0.15, 0.2) is 11.8 Å². The van der Waals surface area contributed by atoms with Crippen molar-refractivity contribution in [1.82, 2.24) is 25.4 Å². The Morgan fingerprint density at radius 2 is 2.19 bits per heavy atom. The summed E-state index contributed by atoms with van der Waals surface area (Å²) in [5, 5.41) is 11.2. The zero-order valence-electron chi connectivity index (χ0n) is 16.0. The second-order valence-corrected chi connectivity index (χ2v) is 9.10. The lowest BCUT2D eigenvalue weighted by atomic mass is 10.1. The number of hydrogen-bond acceptors (Lipinski definition) is 6. The molecule has 1 aliphatic heterocycles. The monoisotopic (exact) mass is 386 g/mol. The van der Waals surface area contributed by atoms with Gasteiger partial charge >= 0.3 is 0 Å². The highest BCUT2D eigenvalue weighted by atomic mass is 32.2. The van der Waals surface area contributed by atoms with E-state index in [9.17, 15) is 8.42 Å². The van der Waals surface area contributed by atoms with Crippen LogP contribution in [0.5, 0.6) is 0 Å². The molecule has 1 aromatic rings. The number of rotatable bonds is 8. The summed E-state index contributed by atoms with van der Waals surface area (Å²) in [5.74, 6) is 3.02. The lowest BCUT2D eigenvalue weighted by Crippen LogP contribution is -2.47. The maximum atomic E-state index is 11.0. The molecule has 0 radical (unpaired) electrons. The van der Waals surface area contributed by atoms with E-state index in [1.54, 1.807) is 7.05 Å². The molecule has 0 aromatic carbocycles. The third-order valence-electron chi connectivity index (χ3n) is 4.09. The summed E-state index contributed by atoms with van der Waals surface area (Å²) in [4.78, 5) is 8.82. The average molecular weight is 387 g/mol. The molecule has 0 saturated carbocycles. The summed E-state index contributed by atoms with van der Waals surface area (Å²) in [7, 11) is -1.25. The number of fused-ring (bicyclic) bond motifs is 1. The van der Waals surface area contributed by atoms with Crippen LogP contribution in [0.2, 0.25) is 0 Å². The maximum Gasteiger partial charge on any atom is 0.191 e. The Morgan fingerprint density at radius 1 is 1.42 bits per heavy atom. The Hall–Kier alpha value is -1.68. The van der Waals surface area contributed by atoms with Crippen molar-refractivity contribution in [2.75, 3.05) is 38.8 Å². The first kappa shape index (κ1) is 20.6. The molecule has 26 heavy (non-hydrogen) atoms. The fourth-order valence-corrected chi connectivity index (χ4v) is 3.05. The van der Waals surface area contributed by atoms with Crippen LogP contribution in [0.3, 0.4) is 0 Å². The van der Waals surface area contributed by atoms with Crippen molar-refractivity contribution >= 4 is 15.8 Å². The molecule has 2 rings (SSSR count). The van der Waals surface area contributed by atoms with E-state index in [0.29, 0.717) is 25.0 Å². The summed E-state index contributed by atoms with van der Waals surface area (Å²) < 4.78 is 29.4. The van der Waals surface area contributed by atoms with Crippen LogP contribution in [-0.4, -0.2) is 74.0 Å². The zero-order valence-corrected chi connectivity index (χ0v) is 16.8. The van der Waals surface area contributed by atoms with Crippen molar-refractivity contribution in [3.8, 4) is 0 Å². The number of nitrogens with one attached hydrogen (secondary N) is 2. The lowest BCUT2D eigenvalue weighted by Gasteiger charge is -2.25. The first-order valence-electron chi connectivity index (χ1n) is 8.94. The molecule has 1 atom stereocenters. The van der Waals surface area contributed by atoms with Crippen molar-refractivity contribution < 1.29 is 13.2 Å². The van der Waals surface area contributed by atoms with Crippen LogP contribution in [0.1, 0.15) is 37.8 Å². The SMILES string of the molecule is CN=C(NCCOCCS(C)(=O)=O)NC1CCc2nc(C(C)C)nn2C1. The molecule has 0 bridgehead atoms. The van der Waals surface area contributed by atoms with Crippen LogP contribution < -0.4 is 10.6 Å². The fraction of sp³-hybridized carbons (Fsp3) is 0.812. The molecule has 1 unspecified atom stereocenters. The Bertz CT molecular complexity index is 714. The summed E-state index contributed by atoms with van der Waals surface area (Å²) in [6, 6.07) is 0.238. The van der Waals surface area contributed by atoms with Crippen LogP contribution in [0.4, 0.5) is 0 Å². The van der Waals surface area contributed by atoms with E-state index in [0.717, 1.165) is 31.0 Å². The smallest absolute Gasteiger partial charge is 0.191 e. The highest BCUT2D eigenvalue weighted by Crippen LogP contribution is 2.16. The molecule has 0 aliphatic carbocycles. The number of aryl methyl sites for hydroxylation is 1. The van der Waals surface area contributed by atoms with Crippen molar-refractivity contribution in [3.05, 3.63) is 11.6 Å². The molecule has 0 saturated heterocycles. The molecule has 2 heterocycles. The van der Waals surface area contributed by atoms with Crippen molar-refractivity contribution in [2.24, 2.45) is 4.99 Å². The van der Waals surface area contributed by atoms with Gasteiger partial charge in [0, 0.05) is 38.2 Å². The Morgan fingerprint density at radius 3 is 2.85 bits per heavy atom. The fourth-order valence-electron chi connectivity index (χ4n) is 2.63. The summed E-state index contributed by atoms with van der Waals surface area (Å²) in [6.07, 6.45) is 3.07. The van der Waals surface area contributed by atoms with Gasteiger partial charge in [-0.25, -0.2) is 18.1 Å². The van der Waals surface area contributed by atoms with E-state index in [-0.39, 0.29) is 18.4 Å². The normalized spacial score (nSPS) is 18.0. The second-order valence-electron chi connectivity index (χ2n) is 6.84. The highest BCUT2D eigenvalue weighted by molar-refractivity contribution is 7.90. The van der Waals surface area contributed by atoms with Crippen LogP contribution in [0.25, 0.3) is 0 Å². The number of sulfone groups is 1. The van der Waals surface area contributed by atoms with Gasteiger partial charge in [-0.15, -0.1) is 0 Å². The Kier molecular flexibility index (Phi) is 7.39. The molecular weight excluding hydrogens is 356 g/mol. The predicted molar refractivity (Wildman–Crippen MR) is 101 cm³/mol. The van der Waals surface area contributed by atoms with Gasteiger partial charge in [-0.2, -0.15) is 5.10 Å². The first-order chi connectivity index (χ1) is 12.3. The van der Waals surface area contributed by atoms with Crippen molar-refractivity contribution in [2.45, 2.75) is 45.2 Å². The van der Waals surface area contributed by atoms with Gasteiger partial charge < -0.3 is 15.4 Å². The molecule has 10 heteroatoms. The topological polar surface area (TPSA) is 110 Å². The largest absolute Gasteiger partial charge is 0.379 e. The van der Waals surface area contributed by atoms with E-state index in [2.05, 4.69) is 39.6 Å². The van der Waals surface area contributed by atoms with Crippen LogP contribution in [-0.2, 0) is 27.5 Å². The minimum atomic E-state index is -2.97. The minimum Gasteiger partial charge on any atom is -0.379 e. The standard InChI is InChI=1S/C16H30N6O3S/c1-12(2)15-20-14-6-5-13(11-22(14)21-15)19-16(17-3)18-7-8-25-9-10-26(4,23)24/h12-13H,5-11H2,1-4H3,(H2,17,18,19). The van der Waals surface area contributed by atoms with E-state index in [4.69, 9.17) is 4.74 Å². The maximum absolute atomic E-state index is 11.0. The predicted octanol–water partition coefficient (Wildman–Crippen LogP) is -0.0575. The van der Waals surface area contributed by atoms with Gasteiger partial charge in [-0.05, 0) is 6.42 Å². The number of aliphatic imine (C=N–C) groups is 1. The molecule has 148 valence electrons. The van der Waals surface area contributed by atoms with Gasteiger partial charge in [0.05, 0.1) is 25.5 Å². The van der Waals surface area contributed by atoms with E-state index in [1.165, 1.54) is 6.26 Å². The van der Waals surface area contributed by atoms with E-state index >= 15 is 0 Å².